The van der Waals surface area contributed by atoms with E-state index in [0.29, 0.717) is 17.2 Å². The number of aryl methyl sites for hydroxylation is 1. The number of amides is 1. The van der Waals surface area contributed by atoms with E-state index in [0.717, 1.165) is 10.7 Å². The molecule has 1 amide bonds. The topological polar surface area (TPSA) is 159 Å². The fourth-order valence-corrected chi connectivity index (χ4v) is 5.11. The highest BCUT2D eigenvalue weighted by molar-refractivity contribution is 7.90. The maximum atomic E-state index is 13.6. The van der Waals surface area contributed by atoms with Crippen LogP contribution >= 0.6 is 0 Å². The lowest BCUT2D eigenvalue weighted by Crippen LogP contribution is -2.32. The van der Waals surface area contributed by atoms with Crippen LogP contribution in [0.25, 0.3) is 16.9 Å². The standard InChI is InChI=1S/C27H28F3N7O6S/c1-6-7-44(39,40)36-24(38)20-9-16(13-31-25(20)43-5)21-14-32-26(33-17-10-18(41-3)12-19(11-17)42-4)34-23(21)37-15(2)8-22(35-37)27(28,29)30/h8-14H,6-7H2,1-5H3,(H,36,38)(H,32,33,34). The minimum Gasteiger partial charge on any atom is -0.497 e. The Morgan fingerprint density at radius 3 is 2.23 bits per heavy atom. The number of nitrogens with zero attached hydrogens (tertiary/aromatic N) is 5. The van der Waals surface area contributed by atoms with Gasteiger partial charge >= 0.3 is 6.18 Å². The molecule has 1 aromatic carbocycles. The number of sulfonamides is 1. The number of methoxy groups -OCH3 is 3. The zero-order chi connectivity index (χ0) is 32.2. The molecular formula is C27H28F3N7O6S. The van der Waals surface area contributed by atoms with Gasteiger partial charge in [0.05, 0.1) is 27.1 Å². The van der Waals surface area contributed by atoms with Gasteiger partial charge in [0.1, 0.15) is 17.1 Å². The summed E-state index contributed by atoms with van der Waals surface area (Å²) in [6.07, 6.45) is -1.89. The van der Waals surface area contributed by atoms with E-state index in [4.69, 9.17) is 14.2 Å². The number of hydrogen-bond acceptors (Lipinski definition) is 11. The lowest BCUT2D eigenvalue weighted by molar-refractivity contribution is -0.141. The summed E-state index contributed by atoms with van der Waals surface area (Å²) in [7, 11) is 0.233. The minimum atomic E-state index is -4.74. The molecule has 0 spiro atoms. The van der Waals surface area contributed by atoms with Gasteiger partial charge in [0.15, 0.2) is 11.5 Å². The van der Waals surface area contributed by atoms with E-state index in [1.807, 2.05) is 4.72 Å². The van der Waals surface area contributed by atoms with Crippen molar-refractivity contribution in [3.8, 4) is 34.3 Å². The largest absolute Gasteiger partial charge is 0.497 e. The summed E-state index contributed by atoms with van der Waals surface area (Å²) in [5.74, 6) is -0.683. The Balaban J connectivity index is 1.87. The summed E-state index contributed by atoms with van der Waals surface area (Å²) in [5.41, 5.74) is -0.561. The molecule has 44 heavy (non-hydrogen) atoms. The van der Waals surface area contributed by atoms with Crippen molar-refractivity contribution in [2.24, 2.45) is 0 Å². The van der Waals surface area contributed by atoms with Crippen molar-refractivity contribution in [3.63, 3.8) is 0 Å². The molecule has 3 heterocycles. The van der Waals surface area contributed by atoms with E-state index in [1.165, 1.54) is 46.7 Å². The minimum absolute atomic E-state index is 0.0207. The molecule has 4 rings (SSSR count). The number of benzene rings is 1. The third kappa shape index (κ3) is 7.16. The van der Waals surface area contributed by atoms with Crippen molar-refractivity contribution in [1.29, 1.82) is 0 Å². The van der Waals surface area contributed by atoms with Gasteiger partial charge in [-0.25, -0.2) is 27.8 Å². The van der Waals surface area contributed by atoms with E-state index < -0.39 is 27.8 Å². The van der Waals surface area contributed by atoms with E-state index in [9.17, 15) is 26.4 Å². The smallest absolute Gasteiger partial charge is 0.435 e. The first-order chi connectivity index (χ1) is 20.8. The van der Waals surface area contributed by atoms with Crippen LogP contribution in [0.2, 0.25) is 0 Å². The van der Waals surface area contributed by atoms with Crippen LogP contribution < -0.4 is 24.2 Å². The zero-order valence-corrected chi connectivity index (χ0v) is 25.0. The fourth-order valence-electron chi connectivity index (χ4n) is 4.08. The van der Waals surface area contributed by atoms with E-state index in [-0.39, 0.29) is 52.2 Å². The number of aromatic nitrogens is 5. The number of alkyl halides is 3. The van der Waals surface area contributed by atoms with Crippen LogP contribution in [0, 0.1) is 6.92 Å². The molecular weight excluding hydrogens is 607 g/mol. The number of ether oxygens (including phenoxy) is 3. The molecule has 0 atom stereocenters. The van der Waals surface area contributed by atoms with Crippen molar-refractivity contribution in [3.05, 3.63) is 59.7 Å². The zero-order valence-electron chi connectivity index (χ0n) is 24.2. The summed E-state index contributed by atoms with van der Waals surface area (Å²) in [5, 5.41) is 6.70. The second-order valence-electron chi connectivity index (χ2n) is 9.27. The fraction of sp³-hybridized carbons (Fsp3) is 0.296. The summed E-state index contributed by atoms with van der Waals surface area (Å²) in [4.78, 5) is 25.9. The molecule has 2 N–H and O–H groups in total. The normalized spacial score (nSPS) is 11.6. The molecule has 17 heteroatoms. The first-order valence-corrected chi connectivity index (χ1v) is 14.5. The van der Waals surface area contributed by atoms with Gasteiger partial charge in [0.2, 0.25) is 21.9 Å². The molecule has 0 saturated heterocycles. The van der Waals surface area contributed by atoms with Crippen LogP contribution in [0.15, 0.2) is 42.7 Å². The Kier molecular flexibility index (Phi) is 9.27. The molecule has 0 saturated carbocycles. The highest BCUT2D eigenvalue weighted by Crippen LogP contribution is 2.34. The Morgan fingerprint density at radius 2 is 1.66 bits per heavy atom. The molecule has 13 nitrogen and oxygen atoms in total. The van der Waals surface area contributed by atoms with Gasteiger partial charge in [-0.2, -0.15) is 23.3 Å². The SMILES string of the molecule is CCCS(=O)(=O)NC(=O)c1cc(-c2cnc(Nc3cc(OC)cc(OC)c3)nc2-n2nc(C(F)(F)F)cc2C)cnc1OC. The summed E-state index contributed by atoms with van der Waals surface area (Å²) in [6, 6.07) is 7.03. The van der Waals surface area contributed by atoms with E-state index in [2.05, 4.69) is 25.4 Å². The first kappa shape index (κ1) is 32.0. The Bertz CT molecular complexity index is 1770. The Hall–Kier alpha value is -4.93. The van der Waals surface area contributed by atoms with Gasteiger partial charge in [0, 0.05) is 53.1 Å². The molecule has 0 bridgehead atoms. The van der Waals surface area contributed by atoms with Gasteiger partial charge in [-0.15, -0.1) is 0 Å². The second kappa shape index (κ2) is 12.7. The van der Waals surface area contributed by atoms with E-state index in [1.54, 1.807) is 25.1 Å². The number of hydrogen-bond donors (Lipinski definition) is 2. The first-order valence-electron chi connectivity index (χ1n) is 12.9. The van der Waals surface area contributed by atoms with Crippen molar-refractivity contribution in [1.82, 2.24) is 29.5 Å². The quantitative estimate of drug-likeness (QED) is 0.242. The monoisotopic (exact) mass is 635 g/mol. The average molecular weight is 636 g/mol. The van der Waals surface area contributed by atoms with Crippen LogP contribution in [0.1, 0.15) is 35.1 Å². The van der Waals surface area contributed by atoms with Crippen LogP contribution in [-0.2, 0) is 16.2 Å². The molecule has 0 fully saturated rings. The lowest BCUT2D eigenvalue weighted by Gasteiger charge is -2.15. The summed E-state index contributed by atoms with van der Waals surface area (Å²) >= 11 is 0. The number of nitrogens with one attached hydrogen (secondary N) is 2. The van der Waals surface area contributed by atoms with Crippen LogP contribution in [-0.4, -0.2) is 66.1 Å². The molecule has 234 valence electrons. The maximum absolute atomic E-state index is 13.6. The molecule has 3 aromatic heterocycles. The lowest BCUT2D eigenvalue weighted by atomic mass is 10.1. The number of halogens is 3. The third-order valence-corrected chi connectivity index (χ3v) is 7.52. The van der Waals surface area contributed by atoms with Crippen LogP contribution in [0.3, 0.4) is 0 Å². The number of pyridine rings is 1. The highest BCUT2D eigenvalue weighted by atomic mass is 32.2. The van der Waals surface area contributed by atoms with Crippen LogP contribution in [0.5, 0.6) is 17.4 Å². The predicted molar refractivity (Wildman–Crippen MR) is 153 cm³/mol. The Morgan fingerprint density at radius 1 is 0.977 bits per heavy atom. The van der Waals surface area contributed by atoms with Crippen molar-refractivity contribution in [2.45, 2.75) is 26.4 Å². The predicted octanol–water partition coefficient (Wildman–Crippen LogP) is 4.29. The van der Waals surface area contributed by atoms with Crippen LogP contribution in [0.4, 0.5) is 24.8 Å². The van der Waals surface area contributed by atoms with Gasteiger partial charge < -0.3 is 19.5 Å². The average Bonchev–Trinajstić information content (AvgIpc) is 3.38. The molecule has 0 unspecified atom stereocenters. The van der Waals surface area contributed by atoms with Crippen molar-refractivity contribution >= 4 is 27.6 Å². The Labute approximate surface area is 250 Å². The van der Waals surface area contributed by atoms with Gasteiger partial charge in [-0.1, -0.05) is 6.92 Å². The van der Waals surface area contributed by atoms with Gasteiger partial charge in [0.25, 0.3) is 5.91 Å². The van der Waals surface area contributed by atoms with Crippen molar-refractivity contribution in [2.75, 3.05) is 32.4 Å². The molecule has 0 aliphatic rings. The number of rotatable bonds is 11. The molecule has 0 radical (unpaired) electrons. The summed E-state index contributed by atoms with van der Waals surface area (Å²) in [6.45, 7) is 3.05. The molecule has 0 aliphatic carbocycles. The molecule has 0 aliphatic heterocycles. The van der Waals surface area contributed by atoms with Crippen molar-refractivity contribution < 1.29 is 40.6 Å². The second-order valence-corrected chi connectivity index (χ2v) is 11.1. The van der Waals surface area contributed by atoms with Gasteiger partial charge in [-0.05, 0) is 25.5 Å². The third-order valence-electron chi connectivity index (χ3n) is 6.08. The van der Waals surface area contributed by atoms with E-state index >= 15 is 0 Å². The highest BCUT2D eigenvalue weighted by Gasteiger charge is 2.35. The molecule has 4 aromatic rings. The maximum Gasteiger partial charge on any atom is 0.435 e. The van der Waals surface area contributed by atoms with Gasteiger partial charge in [-0.3, -0.25) is 4.79 Å². The summed E-state index contributed by atoms with van der Waals surface area (Å²) < 4.78 is 83.9. The number of carbonyl (C=O) groups is 1. The number of carbonyl (C=O) groups excluding carboxylic acids is 1. The number of anilines is 2.